The Hall–Kier alpha value is -2.37. The minimum Gasteiger partial charge on any atom is -0.461 e. The fourth-order valence-corrected chi connectivity index (χ4v) is 3.17. The molecule has 0 unspecified atom stereocenters. The van der Waals surface area contributed by atoms with Gasteiger partial charge in [0, 0.05) is 25.8 Å². The maximum absolute atomic E-state index is 12.0. The van der Waals surface area contributed by atoms with Crippen LogP contribution in [0, 0.1) is 5.92 Å². The Bertz CT molecular complexity index is 642. The van der Waals surface area contributed by atoms with E-state index < -0.39 is 30.1 Å². The van der Waals surface area contributed by atoms with Crippen molar-refractivity contribution >= 4 is 17.9 Å². The van der Waals surface area contributed by atoms with Gasteiger partial charge >= 0.3 is 17.9 Å². The number of rotatable bonds is 3. The standard InChI is InChI=1S/C19H24O6/c1-11-6-5-7-15(10-23-13(3)20)9-17-18(12(2)19(22)25-17)16(8-11)24-14(4)21/h6,9,16-18H,2,5,7-8,10H2,1,3-4H3/b11-6+,15-9-/t16-,17+,18+/m0/s1. The average molecular weight is 348 g/mol. The van der Waals surface area contributed by atoms with E-state index in [2.05, 4.69) is 12.7 Å². The zero-order valence-electron chi connectivity index (χ0n) is 14.9. The number of carbonyl (C=O) groups excluding carboxylic acids is 3. The predicted octanol–water partition coefficient (Wildman–Crippen LogP) is 2.64. The number of ether oxygens (including phenoxy) is 3. The van der Waals surface area contributed by atoms with Crippen molar-refractivity contribution in [3.8, 4) is 0 Å². The Morgan fingerprint density at radius 3 is 2.68 bits per heavy atom. The fraction of sp³-hybridized carbons (Fsp3) is 0.526. The smallest absolute Gasteiger partial charge is 0.334 e. The van der Waals surface area contributed by atoms with Crippen LogP contribution in [0.2, 0.25) is 0 Å². The Morgan fingerprint density at radius 1 is 1.32 bits per heavy atom. The molecule has 3 atom stereocenters. The van der Waals surface area contributed by atoms with E-state index in [4.69, 9.17) is 14.2 Å². The third-order valence-corrected chi connectivity index (χ3v) is 4.32. The zero-order valence-corrected chi connectivity index (χ0v) is 14.9. The molecular formula is C19H24O6. The lowest BCUT2D eigenvalue weighted by molar-refractivity contribution is -0.149. The van der Waals surface area contributed by atoms with Crippen LogP contribution in [-0.2, 0) is 28.6 Å². The molecule has 2 rings (SSSR count). The molecular weight excluding hydrogens is 324 g/mol. The van der Waals surface area contributed by atoms with Crippen LogP contribution in [-0.4, -0.2) is 36.7 Å². The second kappa shape index (κ2) is 8.14. The summed E-state index contributed by atoms with van der Waals surface area (Å²) in [5.41, 5.74) is 2.22. The maximum atomic E-state index is 12.0. The van der Waals surface area contributed by atoms with Crippen LogP contribution >= 0.6 is 0 Å². The van der Waals surface area contributed by atoms with E-state index in [1.807, 2.05) is 6.92 Å². The molecule has 0 amide bonds. The summed E-state index contributed by atoms with van der Waals surface area (Å²) in [6.45, 7) is 8.63. The van der Waals surface area contributed by atoms with E-state index in [1.165, 1.54) is 13.8 Å². The van der Waals surface area contributed by atoms with Gasteiger partial charge in [-0.1, -0.05) is 18.2 Å². The van der Waals surface area contributed by atoms with Gasteiger partial charge in [0.2, 0.25) is 0 Å². The van der Waals surface area contributed by atoms with E-state index in [1.54, 1.807) is 6.08 Å². The number of esters is 3. The molecule has 1 fully saturated rings. The van der Waals surface area contributed by atoms with Crippen molar-refractivity contribution in [2.24, 2.45) is 5.92 Å². The number of hydrogen-bond acceptors (Lipinski definition) is 6. The van der Waals surface area contributed by atoms with Gasteiger partial charge in [-0.25, -0.2) is 4.79 Å². The summed E-state index contributed by atoms with van der Waals surface area (Å²) in [4.78, 5) is 34.7. The van der Waals surface area contributed by atoms with Crippen molar-refractivity contribution in [1.82, 2.24) is 0 Å². The number of carbonyl (C=O) groups is 3. The molecule has 0 saturated carbocycles. The molecule has 0 aromatic carbocycles. The zero-order chi connectivity index (χ0) is 18.6. The average Bonchev–Trinajstić information content (AvgIpc) is 2.77. The summed E-state index contributed by atoms with van der Waals surface area (Å²) in [6.07, 6.45) is 4.73. The van der Waals surface area contributed by atoms with Crippen molar-refractivity contribution in [2.45, 2.75) is 52.2 Å². The van der Waals surface area contributed by atoms with E-state index >= 15 is 0 Å². The second-order valence-corrected chi connectivity index (χ2v) is 6.47. The van der Waals surface area contributed by atoms with Gasteiger partial charge in [0.1, 0.15) is 18.8 Å². The molecule has 0 radical (unpaired) electrons. The van der Waals surface area contributed by atoms with E-state index in [0.717, 1.165) is 17.6 Å². The highest BCUT2D eigenvalue weighted by molar-refractivity contribution is 5.91. The van der Waals surface area contributed by atoms with E-state index in [9.17, 15) is 14.4 Å². The van der Waals surface area contributed by atoms with Gasteiger partial charge in [-0.3, -0.25) is 9.59 Å². The molecule has 0 bridgehead atoms. The van der Waals surface area contributed by atoms with Crippen LogP contribution in [0.4, 0.5) is 0 Å². The van der Waals surface area contributed by atoms with Gasteiger partial charge in [0.25, 0.3) is 0 Å². The van der Waals surface area contributed by atoms with Gasteiger partial charge in [-0.05, 0) is 31.4 Å². The summed E-state index contributed by atoms with van der Waals surface area (Å²) in [7, 11) is 0. The van der Waals surface area contributed by atoms with Crippen LogP contribution < -0.4 is 0 Å². The first-order valence-electron chi connectivity index (χ1n) is 8.33. The molecule has 1 saturated heterocycles. The molecule has 0 aromatic heterocycles. The highest BCUT2D eigenvalue weighted by Crippen LogP contribution is 2.36. The highest BCUT2D eigenvalue weighted by atomic mass is 16.6. The number of hydrogen-bond donors (Lipinski definition) is 0. The van der Waals surface area contributed by atoms with Crippen molar-refractivity contribution < 1.29 is 28.6 Å². The van der Waals surface area contributed by atoms with Crippen LogP contribution in [0.15, 0.2) is 35.5 Å². The summed E-state index contributed by atoms with van der Waals surface area (Å²) >= 11 is 0. The Morgan fingerprint density at radius 2 is 2.04 bits per heavy atom. The Balaban J connectivity index is 2.36. The molecule has 1 heterocycles. The molecule has 136 valence electrons. The Labute approximate surface area is 147 Å². The van der Waals surface area contributed by atoms with Crippen LogP contribution in [0.3, 0.4) is 0 Å². The molecule has 1 aliphatic heterocycles. The molecule has 25 heavy (non-hydrogen) atoms. The second-order valence-electron chi connectivity index (χ2n) is 6.47. The van der Waals surface area contributed by atoms with E-state index in [0.29, 0.717) is 18.4 Å². The largest absolute Gasteiger partial charge is 0.461 e. The van der Waals surface area contributed by atoms with Crippen molar-refractivity contribution in [3.05, 3.63) is 35.5 Å². The molecule has 0 N–H and O–H groups in total. The summed E-state index contributed by atoms with van der Waals surface area (Å²) in [6, 6.07) is 0. The lowest BCUT2D eigenvalue weighted by atomic mass is 9.85. The van der Waals surface area contributed by atoms with Gasteiger partial charge in [-0.2, -0.15) is 0 Å². The predicted molar refractivity (Wildman–Crippen MR) is 90.4 cm³/mol. The van der Waals surface area contributed by atoms with Gasteiger partial charge < -0.3 is 14.2 Å². The summed E-state index contributed by atoms with van der Waals surface area (Å²) < 4.78 is 16.0. The molecule has 0 spiro atoms. The number of fused-ring (bicyclic) bond motifs is 1. The third-order valence-electron chi connectivity index (χ3n) is 4.32. The van der Waals surface area contributed by atoms with Crippen molar-refractivity contribution in [1.29, 1.82) is 0 Å². The van der Waals surface area contributed by atoms with Crippen LogP contribution in [0.1, 0.15) is 40.0 Å². The normalized spacial score (nSPS) is 30.9. The molecule has 1 aliphatic carbocycles. The van der Waals surface area contributed by atoms with Gasteiger partial charge in [-0.15, -0.1) is 0 Å². The molecule has 6 nitrogen and oxygen atoms in total. The number of allylic oxidation sites excluding steroid dienone is 1. The van der Waals surface area contributed by atoms with E-state index in [-0.39, 0.29) is 12.6 Å². The van der Waals surface area contributed by atoms with Crippen molar-refractivity contribution in [2.75, 3.05) is 6.61 Å². The van der Waals surface area contributed by atoms with Crippen LogP contribution in [0.25, 0.3) is 0 Å². The highest BCUT2D eigenvalue weighted by Gasteiger charge is 2.44. The summed E-state index contributed by atoms with van der Waals surface area (Å²) in [5.74, 6) is -1.72. The minimum absolute atomic E-state index is 0.147. The minimum atomic E-state index is -0.583. The summed E-state index contributed by atoms with van der Waals surface area (Å²) in [5, 5.41) is 0. The molecule has 0 aromatic rings. The van der Waals surface area contributed by atoms with Crippen molar-refractivity contribution in [3.63, 3.8) is 0 Å². The quantitative estimate of drug-likeness (QED) is 0.338. The molecule has 6 heteroatoms. The van der Waals surface area contributed by atoms with Gasteiger partial charge in [0.05, 0.1) is 5.92 Å². The SMILES string of the molecule is C=C1C(=O)O[C@@H]2/C=C(\COC(C)=O)CC/C=C(\C)C[C@H](OC(C)=O)[C@@H]12. The van der Waals surface area contributed by atoms with Gasteiger partial charge in [0.15, 0.2) is 0 Å². The lowest BCUT2D eigenvalue weighted by Gasteiger charge is -2.27. The molecule has 2 aliphatic rings. The first kappa shape index (κ1) is 19.0. The topological polar surface area (TPSA) is 78.9 Å². The monoisotopic (exact) mass is 348 g/mol. The maximum Gasteiger partial charge on any atom is 0.334 e. The van der Waals surface area contributed by atoms with Crippen LogP contribution in [0.5, 0.6) is 0 Å². The Kier molecular flexibility index (Phi) is 6.17. The first-order chi connectivity index (χ1) is 11.8. The first-order valence-corrected chi connectivity index (χ1v) is 8.33. The fourth-order valence-electron chi connectivity index (χ4n) is 3.17. The third kappa shape index (κ3) is 5.05. The lowest BCUT2D eigenvalue weighted by Crippen LogP contribution is -2.33.